The Morgan fingerprint density at radius 2 is 1.53 bits per heavy atom. The highest BCUT2D eigenvalue weighted by molar-refractivity contribution is 5.44. The monoisotopic (exact) mass is 404 g/mol. The van der Waals surface area contributed by atoms with Gasteiger partial charge in [-0.05, 0) is 30.2 Å². The Labute approximate surface area is 178 Å². The number of ether oxygens (including phenoxy) is 3. The normalized spacial score (nSPS) is 21.2. The highest BCUT2D eigenvalue weighted by Gasteiger charge is 2.37. The van der Waals surface area contributed by atoms with Gasteiger partial charge in [-0.3, -0.25) is 0 Å². The third-order valence-corrected chi connectivity index (χ3v) is 5.48. The summed E-state index contributed by atoms with van der Waals surface area (Å²) in [6.07, 6.45) is 1.09. The van der Waals surface area contributed by atoms with Crippen molar-refractivity contribution in [2.75, 3.05) is 6.61 Å². The predicted molar refractivity (Wildman–Crippen MR) is 117 cm³/mol. The summed E-state index contributed by atoms with van der Waals surface area (Å²) in [5.41, 5.74) is 2.00. The van der Waals surface area contributed by atoms with E-state index in [1.54, 1.807) is 0 Å². The van der Waals surface area contributed by atoms with E-state index in [1.807, 2.05) is 85.8 Å². The summed E-state index contributed by atoms with van der Waals surface area (Å²) in [7, 11) is 0. The molecule has 0 aromatic heterocycles. The van der Waals surface area contributed by atoms with Gasteiger partial charge in [-0.25, -0.2) is 0 Å². The first-order chi connectivity index (χ1) is 14.6. The van der Waals surface area contributed by atoms with Gasteiger partial charge in [0, 0.05) is 24.5 Å². The topological polar surface area (TPSA) is 47.9 Å². The van der Waals surface area contributed by atoms with Crippen molar-refractivity contribution >= 4 is 0 Å². The van der Waals surface area contributed by atoms with Crippen molar-refractivity contribution < 1.29 is 19.3 Å². The first-order valence-corrected chi connectivity index (χ1v) is 10.4. The Bertz CT molecular complexity index is 942. The fourth-order valence-electron chi connectivity index (χ4n) is 3.88. The highest BCUT2D eigenvalue weighted by Crippen LogP contribution is 2.41. The fraction of sp³-hybridized carbons (Fsp3) is 0.308. The molecular formula is C26H28O4. The lowest BCUT2D eigenvalue weighted by molar-refractivity contribution is -0.102. The quantitative estimate of drug-likeness (QED) is 0.586. The molecule has 2 atom stereocenters. The molecule has 0 bridgehead atoms. The lowest BCUT2D eigenvalue weighted by Crippen LogP contribution is -2.37. The molecule has 1 saturated heterocycles. The summed E-state index contributed by atoms with van der Waals surface area (Å²) in [4.78, 5) is 0. The van der Waals surface area contributed by atoms with E-state index >= 15 is 0 Å². The van der Waals surface area contributed by atoms with Crippen molar-refractivity contribution in [1.29, 1.82) is 0 Å². The molecule has 156 valence electrons. The van der Waals surface area contributed by atoms with Gasteiger partial charge in [0.25, 0.3) is 0 Å². The lowest BCUT2D eigenvalue weighted by Gasteiger charge is -2.37. The van der Waals surface area contributed by atoms with E-state index in [1.165, 1.54) is 0 Å². The highest BCUT2D eigenvalue weighted by atomic mass is 16.5. The fourth-order valence-corrected chi connectivity index (χ4v) is 3.88. The number of aliphatic hydroxyl groups is 1. The maximum Gasteiger partial charge on any atom is 0.129 e. The van der Waals surface area contributed by atoms with E-state index in [2.05, 4.69) is 0 Å². The molecule has 1 fully saturated rings. The third-order valence-electron chi connectivity index (χ3n) is 5.48. The molecule has 30 heavy (non-hydrogen) atoms. The van der Waals surface area contributed by atoms with Gasteiger partial charge in [-0.1, -0.05) is 60.7 Å². The minimum Gasteiger partial charge on any atom is -0.489 e. The third kappa shape index (κ3) is 5.02. The van der Waals surface area contributed by atoms with Crippen molar-refractivity contribution in [2.45, 2.75) is 44.7 Å². The molecule has 4 nitrogen and oxygen atoms in total. The van der Waals surface area contributed by atoms with Crippen molar-refractivity contribution in [3.8, 4) is 11.5 Å². The Morgan fingerprint density at radius 3 is 2.17 bits per heavy atom. The van der Waals surface area contributed by atoms with Crippen LogP contribution in [0.25, 0.3) is 0 Å². The second kappa shape index (κ2) is 9.33. The van der Waals surface area contributed by atoms with E-state index in [9.17, 15) is 5.11 Å². The average Bonchev–Trinajstić information content (AvgIpc) is 2.77. The summed E-state index contributed by atoms with van der Waals surface area (Å²) < 4.78 is 17.8. The molecule has 2 unspecified atom stereocenters. The smallest absolute Gasteiger partial charge is 0.129 e. The molecule has 0 amide bonds. The second-order valence-electron chi connectivity index (χ2n) is 7.87. The molecule has 3 aromatic carbocycles. The van der Waals surface area contributed by atoms with E-state index in [0.29, 0.717) is 38.4 Å². The van der Waals surface area contributed by atoms with Crippen LogP contribution in [0, 0.1) is 0 Å². The van der Waals surface area contributed by atoms with Crippen LogP contribution < -0.4 is 9.47 Å². The minimum absolute atomic E-state index is 0.000250. The van der Waals surface area contributed by atoms with Gasteiger partial charge in [0.2, 0.25) is 0 Å². The van der Waals surface area contributed by atoms with Crippen molar-refractivity contribution in [3.63, 3.8) is 0 Å². The van der Waals surface area contributed by atoms with Crippen LogP contribution in [-0.2, 0) is 23.6 Å². The molecule has 1 heterocycles. The number of rotatable bonds is 7. The van der Waals surface area contributed by atoms with Crippen LogP contribution in [0.3, 0.4) is 0 Å². The van der Waals surface area contributed by atoms with Gasteiger partial charge >= 0.3 is 0 Å². The maximum atomic E-state index is 11.4. The van der Waals surface area contributed by atoms with E-state index in [0.717, 1.165) is 22.4 Å². The zero-order valence-corrected chi connectivity index (χ0v) is 17.3. The first-order valence-electron chi connectivity index (χ1n) is 10.4. The Kier molecular flexibility index (Phi) is 6.36. The summed E-state index contributed by atoms with van der Waals surface area (Å²) >= 11 is 0. The Balaban J connectivity index is 1.57. The van der Waals surface area contributed by atoms with E-state index in [4.69, 9.17) is 14.2 Å². The molecule has 4 rings (SSSR count). The molecule has 1 aliphatic heterocycles. The molecule has 0 aliphatic carbocycles. The zero-order valence-electron chi connectivity index (χ0n) is 17.3. The van der Waals surface area contributed by atoms with Crippen molar-refractivity contribution in [3.05, 3.63) is 95.6 Å². The second-order valence-corrected chi connectivity index (χ2v) is 7.87. The largest absolute Gasteiger partial charge is 0.489 e. The van der Waals surface area contributed by atoms with Crippen LogP contribution in [-0.4, -0.2) is 17.8 Å². The van der Waals surface area contributed by atoms with Gasteiger partial charge in [0.1, 0.15) is 24.7 Å². The van der Waals surface area contributed by atoms with Gasteiger partial charge in [0.15, 0.2) is 0 Å². The van der Waals surface area contributed by atoms with Crippen LogP contribution in [0.4, 0.5) is 0 Å². The first kappa shape index (κ1) is 20.5. The molecular weight excluding hydrogens is 376 g/mol. The van der Waals surface area contributed by atoms with E-state index < -0.39 is 5.60 Å². The Hall–Kier alpha value is -2.82. The van der Waals surface area contributed by atoms with Gasteiger partial charge in [-0.15, -0.1) is 0 Å². The molecule has 0 radical (unpaired) electrons. The average molecular weight is 405 g/mol. The molecule has 3 aromatic rings. The van der Waals surface area contributed by atoms with Gasteiger partial charge in [0.05, 0.1) is 18.3 Å². The molecule has 1 aliphatic rings. The Morgan fingerprint density at radius 1 is 0.900 bits per heavy atom. The summed E-state index contributed by atoms with van der Waals surface area (Å²) in [5, 5.41) is 11.4. The summed E-state index contributed by atoms with van der Waals surface area (Å²) in [5.74, 6) is 1.37. The standard InChI is InChI=1S/C26H28O4/c1-20-17-26(27,14-15-28-20)24-13-12-23(29-18-21-8-4-2-5-9-21)16-25(24)30-19-22-10-6-3-7-11-22/h2-13,16,20,27H,14-15,17-19H2,1H3. The van der Waals surface area contributed by atoms with Gasteiger partial charge < -0.3 is 19.3 Å². The minimum atomic E-state index is -0.971. The van der Waals surface area contributed by atoms with Gasteiger partial charge in [-0.2, -0.15) is 0 Å². The summed E-state index contributed by atoms with van der Waals surface area (Å²) in [6, 6.07) is 25.8. The number of hydrogen-bond acceptors (Lipinski definition) is 4. The SMILES string of the molecule is CC1CC(O)(c2ccc(OCc3ccccc3)cc2OCc2ccccc2)CCO1. The van der Waals surface area contributed by atoms with Crippen molar-refractivity contribution in [1.82, 2.24) is 0 Å². The van der Waals surface area contributed by atoms with Crippen LogP contribution in [0.1, 0.15) is 36.5 Å². The van der Waals surface area contributed by atoms with Crippen LogP contribution in [0.15, 0.2) is 78.9 Å². The number of benzene rings is 3. The van der Waals surface area contributed by atoms with Crippen molar-refractivity contribution in [2.24, 2.45) is 0 Å². The van der Waals surface area contributed by atoms with Crippen LogP contribution in [0.2, 0.25) is 0 Å². The predicted octanol–water partition coefficient (Wildman–Crippen LogP) is 5.23. The summed E-state index contributed by atoms with van der Waals surface area (Å²) in [6.45, 7) is 3.43. The molecule has 0 spiro atoms. The maximum absolute atomic E-state index is 11.4. The molecule has 0 saturated carbocycles. The lowest BCUT2D eigenvalue weighted by atomic mass is 9.83. The zero-order chi connectivity index (χ0) is 20.8. The molecule has 4 heteroatoms. The number of hydrogen-bond donors (Lipinski definition) is 1. The van der Waals surface area contributed by atoms with Crippen LogP contribution >= 0.6 is 0 Å². The van der Waals surface area contributed by atoms with Crippen LogP contribution in [0.5, 0.6) is 11.5 Å². The molecule has 1 N–H and O–H groups in total. The van der Waals surface area contributed by atoms with E-state index in [-0.39, 0.29) is 6.10 Å².